The SMILES string of the molecule is COc1cc([C@H]2OC[C@H]3[C@@H]2CO[C@@H]3c2cc(OC)c(O[C@H]3O[C@H](CO)[C@@H](O)[C@H](O)[C@H]3O)c(OC)c2)cc(OC)c1O. The van der Waals surface area contributed by atoms with Gasteiger partial charge in [0.25, 0.3) is 0 Å². The first-order chi connectivity index (χ1) is 19.8. The number of ether oxygens (including phenoxy) is 8. The first-order valence-corrected chi connectivity index (χ1v) is 13.2. The van der Waals surface area contributed by atoms with Crippen molar-refractivity contribution < 1.29 is 63.4 Å². The average Bonchev–Trinajstić information content (AvgIpc) is 3.60. The van der Waals surface area contributed by atoms with Crippen LogP contribution < -0.4 is 23.7 Å². The second-order valence-corrected chi connectivity index (χ2v) is 10.2. The smallest absolute Gasteiger partial charge is 0.229 e. The molecule has 3 heterocycles. The third-order valence-electron chi connectivity index (χ3n) is 7.99. The maximum Gasteiger partial charge on any atom is 0.229 e. The Kier molecular flexibility index (Phi) is 8.66. The molecule has 0 bridgehead atoms. The second-order valence-electron chi connectivity index (χ2n) is 10.2. The summed E-state index contributed by atoms with van der Waals surface area (Å²) >= 11 is 0. The summed E-state index contributed by atoms with van der Waals surface area (Å²) in [5.41, 5.74) is 1.55. The van der Waals surface area contributed by atoms with Gasteiger partial charge in [-0.25, -0.2) is 0 Å². The van der Waals surface area contributed by atoms with Crippen LogP contribution in [0.15, 0.2) is 24.3 Å². The Morgan fingerprint density at radius 2 is 1.17 bits per heavy atom. The van der Waals surface area contributed by atoms with Crippen LogP contribution in [0.3, 0.4) is 0 Å². The van der Waals surface area contributed by atoms with Crippen molar-refractivity contribution in [3.05, 3.63) is 35.4 Å². The lowest BCUT2D eigenvalue weighted by atomic mass is 9.84. The van der Waals surface area contributed by atoms with E-state index in [0.29, 0.717) is 13.2 Å². The molecule has 41 heavy (non-hydrogen) atoms. The third-order valence-corrected chi connectivity index (χ3v) is 7.99. The van der Waals surface area contributed by atoms with Gasteiger partial charge in [-0.1, -0.05) is 0 Å². The van der Waals surface area contributed by atoms with Gasteiger partial charge < -0.3 is 63.4 Å². The molecule has 5 rings (SSSR count). The highest BCUT2D eigenvalue weighted by atomic mass is 16.7. The van der Waals surface area contributed by atoms with Crippen LogP contribution in [0.4, 0.5) is 0 Å². The first-order valence-electron chi connectivity index (χ1n) is 13.2. The van der Waals surface area contributed by atoms with Crippen LogP contribution in [-0.4, -0.2) is 104 Å². The highest BCUT2D eigenvalue weighted by molar-refractivity contribution is 5.55. The minimum Gasteiger partial charge on any atom is -0.502 e. The van der Waals surface area contributed by atoms with Crippen molar-refractivity contribution in [2.24, 2.45) is 11.8 Å². The van der Waals surface area contributed by atoms with Gasteiger partial charge in [-0.2, -0.15) is 0 Å². The first kappa shape index (κ1) is 29.5. The van der Waals surface area contributed by atoms with E-state index in [1.54, 1.807) is 24.3 Å². The van der Waals surface area contributed by atoms with Crippen molar-refractivity contribution in [3.8, 4) is 34.5 Å². The minimum absolute atomic E-state index is 0.000914. The summed E-state index contributed by atoms with van der Waals surface area (Å²) in [6.45, 7) is 0.241. The lowest BCUT2D eigenvalue weighted by Crippen LogP contribution is -2.60. The monoisotopic (exact) mass is 580 g/mol. The maximum absolute atomic E-state index is 10.5. The van der Waals surface area contributed by atoms with Gasteiger partial charge in [-0.05, 0) is 35.4 Å². The molecule has 13 heteroatoms. The number of benzene rings is 2. The van der Waals surface area contributed by atoms with Crippen molar-refractivity contribution in [1.29, 1.82) is 0 Å². The van der Waals surface area contributed by atoms with Crippen LogP contribution in [0.2, 0.25) is 0 Å². The molecule has 0 spiro atoms. The highest BCUT2D eigenvalue weighted by Gasteiger charge is 2.49. The number of hydrogen-bond donors (Lipinski definition) is 5. The number of aromatic hydroxyl groups is 1. The van der Waals surface area contributed by atoms with Gasteiger partial charge in [-0.3, -0.25) is 0 Å². The molecule has 0 saturated carbocycles. The molecular weight excluding hydrogens is 544 g/mol. The van der Waals surface area contributed by atoms with Crippen molar-refractivity contribution >= 4 is 0 Å². The zero-order chi connectivity index (χ0) is 29.4. The van der Waals surface area contributed by atoms with Crippen LogP contribution >= 0.6 is 0 Å². The molecule has 0 radical (unpaired) electrons. The van der Waals surface area contributed by atoms with Crippen LogP contribution in [0.25, 0.3) is 0 Å². The quantitative estimate of drug-likeness (QED) is 0.280. The molecule has 3 fully saturated rings. The largest absolute Gasteiger partial charge is 0.502 e. The van der Waals surface area contributed by atoms with Crippen molar-refractivity contribution in [3.63, 3.8) is 0 Å². The summed E-state index contributed by atoms with van der Waals surface area (Å²) in [7, 11) is 5.82. The summed E-state index contributed by atoms with van der Waals surface area (Å²) < 4.78 is 45.7. The van der Waals surface area contributed by atoms with Gasteiger partial charge >= 0.3 is 0 Å². The van der Waals surface area contributed by atoms with Gasteiger partial charge in [-0.15, -0.1) is 0 Å². The van der Waals surface area contributed by atoms with E-state index < -0.39 is 37.3 Å². The molecule has 2 aromatic carbocycles. The Morgan fingerprint density at radius 3 is 1.61 bits per heavy atom. The summed E-state index contributed by atoms with van der Waals surface area (Å²) in [6.07, 6.45) is -7.96. The van der Waals surface area contributed by atoms with E-state index in [1.165, 1.54) is 28.4 Å². The number of methoxy groups -OCH3 is 4. The molecule has 3 saturated heterocycles. The number of hydrogen-bond acceptors (Lipinski definition) is 13. The van der Waals surface area contributed by atoms with Gasteiger partial charge in [0.15, 0.2) is 23.0 Å². The topological polar surface area (TPSA) is 175 Å². The molecule has 0 aromatic heterocycles. The molecule has 13 nitrogen and oxygen atoms in total. The van der Waals surface area contributed by atoms with Crippen molar-refractivity contribution in [2.45, 2.75) is 42.9 Å². The highest BCUT2D eigenvalue weighted by Crippen LogP contribution is 2.53. The minimum atomic E-state index is -1.61. The van der Waals surface area contributed by atoms with E-state index in [-0.39, 0.29) is 58.5 Å². The van der Waals surface area contributed by atoms with Crippen LogP contribution in [0, 0.1) is 11.8 Å². The molecule has 0 unspecified atom stereocenters. The van der Waals surface area contributed by atoms with E-state index in [1.807, 2.05) is 0 Å². The summed E-state index contributed by atoms with van der Waals surface area (Å²) in [4.78, 5) is 0. The maximum atomic E-state index is 10.5. The van der Waals surface area contributed by atoms with Crippen molar-refractivity contribution in [1.82, 2.24) is 0 Å². The van der Waals surface area contributed by atoms with Crippen molar-refractivity contribution in [2.75, 3.05) is 48.3 Å². The van der Waals surface area contributed by atoms with Gasteiger partial charge in [0.2, 0.25) is 17.8 Å². The average molecular weight is 581 g/mol. The Bertz CT molecular complexity index is 1170. The van der Waals surface area contributed by atoms with Gasteiger partial charge in [0, 0.05) is 11.8 Å². The molecule has 0 aliphatic carbocycles. The number of aliphatic hydroxyl groups excluding tert-OH is 4. The lowest BCUT2D eigenvalue weighted by molar-refractivity contribution is -0.277. The molecular formula is C28H36O13. The molecule has 0 amide bonds. The fourth-order valence-electron chi connectivity index (χ4n) is 5.77. The molecule has 3 aliphatic rings. The van der Waals surface area contributed by atoms with Crippen LogP contribution in [0.5, 0.6) is 34.5 Å². The van der Waals surface area contributed by atoms with Gasteiger partial charge in [0.05, 0.1) is 60.5 Å². The van der Waals surface area contributed by atoms with E-state index in [0.717, 1.165) is 11.1 Å². The normalized spacial score (nSPS) is 32.8. The van der Waals surface area contributed by atoms with E-state index in [4.69, 9.17) is 37.9 Å². The Hall–Kier alpha value is -3.04. The number of phenolic OH excluding ortho intramolecular Hbond substituents is 1. The fraction of sp³-hybridized carbons (Fsp3) is 0.571. The summed E-state index contributed by atoms with van der Waals surface area (Å²) in [5, 5.41) is 50.5. The zero-order valence-corrected chi connectivity index (χ0v) is 23.1. The lowest BCUT2D eigenvalue weighted by Gasteiger charge is -2.39. The number of fused-ring (bicyclic) bond motifs is 1. The molecule has 2 aromatic rings. The number of rotatable bonds is 9. The number of aliphatic hydroxyl groups is 4. The summed E-state index contributed by atoms with van der Waals surface area (Å²) in [6, 6.07) is 6.93. The second kappa shape index (κ2) is 12.1. The number of phenols is 1. The Morgan fingerprint density at radius 1 is 0.707 bits per heavy atom. The Balaban J connectivity index is 1.40. The van der Waals surface area contributed by atoms with Crippen LogP contribution in [-0.2, 0) is 14.2 Å². The van der Waals surface area contributed by atoms with E-state index in [2.05, 4.69) is 0 Å². The Labute approximate surface area is 236 Å². The molecule has 9 atom stereocenters. The molecule has 3 aliphatic heterocycles. The predicted molar refractivity (Wildman–Crippen MR) is 140 cm³/mol. The van der Waals surface area contributed by atoms with Crippen LogP contribution in [0.1, 0.15) is 23.3 Å². The third kappa shape index (κ3) is 5.23. The van der Waals surface area contributed by atoms with E-state index in [9.17, 15) is 25.5 Å². The standard InChI is InChI=1S/C28H36O13/c1-34-16-5-12(6-17(35-2)21(16)30)25-14-10-39-26(15(14)11-38-25)13-7-18(36-3)27(19(8-13)37-4)41-28-24(33)23(32)22(31)20(9-29)40-28/h5-8,14-15,20,22-26,28-33H,9-11H2,1-4H3/t14-,15-,20+,22+,23-,24+,25+,26+,28+/m0/s1. The van der Waals surface area contributed by atoms with E-state index >= 15 is 0 Å². The predicted octanol–water partition coefficient (Wildman–Crippen LogP) is 0.680. The molecule has 5 N–H and O–H groups in total. The summed E-state index contributed by atoms with van der Waals surface area (Å²) in [5.74, 6) is 1.08. The fourth-order valence-corrected chi connectivity index (χ4v) is 5.77. The van der Waals surface area contributed by atoms with Gasteiger partial charge in [0.1, 0.15) is 24.4 Å². The zero-order valence-electron chi connectivity index (χ0n) is 23.1. The molecule has 226 valence electrons.